The molecule has 0 aliphatic heterocycles. The van der Waals surface area contributed by atoms with Gasteiger partial charge in [-0.05, 0) is 37.1 Å². The van der Waals surface area contributed by atoms with E-state index in [0.717, 1.165) is 0 Å². The molecule has 0 atom stereocenters. The van der Waals surface area contributed by atoms with Crippen molar-refractivity contribution in [3.8, 4) is 5.75 Å². The van der Waals surface area contributed by atoms with Gasteiger partial charge in [-0.1, -0.05) is 0 Å². The molecule has 0 heterocycles. The van der Waals surface area contributed by atoms with Crippen LogP contribution >= 0.6 is 0 Å². The minimum Gasteiger partial charge on any atom is -0.508 e. The maximum atomic E-state index is 11.6. The maximum Gasteiger partial charge on any atom is 0.251 e. The van der Waals surface area contributed by atoms with Crippen LogP contribution in [0.5, 0.6) is 5.75 Å². The molecule has 0 aromatic heterocycles. The second kappa shape index (κ2) is 7.29. The van der Waals surface area contributed by atoms with Crippen molar-refractivity contribution >= 4 is 11.8 Å². The molecule has 6 nitrogen and oxygen atoms in total. The largest absolute Gasteiger partial charge is 0.508 e. The molecule has 2 amide bonds. The lowest BCUT2D eigenvalue weighted by Crippen LogP contribution is -2.25. The number of phenolic OH excluding ortho intramolecular Hbond substituents is 1. The lowest BCUT2D eigenvalue weighted by molar-refractivity contribution is -0.129. The van der Waals surface area contributed by atoms with Crippen LogP contribution in [0.15, 0.2) is 24.3 Å². The van der Waals surface area contributed by atoms with E-state index in [9.17, 15) is 9.59 Å². The highest BCUT2D eigenvalue weighted by Gasteiger charge is 2.04. The average Bonchev–Trinajstić information content (AvgIpc) is 2.38. The van der Waals surface area contributed by atoms with Crippen LogP contribution in [0.2, 0.25) is 0 Å². The number of rotatable bonds is 6. The zero-order chi connectivity index (χ0) is 13.4. The summed E-state index contributed by atoms with van der Waals surface area (Å²) in [7, 11) is 0. The number of unbranched alkanes of at least 4 members (excludes halogenated alkanes) is 1. The minimum atomic E-state index is -0.431. The van der Waals surface area contributed by atoms with Gasteiger partial charge in [0.05, 0.1) is 0 Å². The molecule has 0 aliphatic rings. The zero-order valence-corrected chi connectivity index (χ0v) is 9.85. The van der Waals surface area contributed by atoms with Crippen LogP contribution in [0.3, 0.4) is 0 Å². The summed E-state index contributed by atoms with van der Waals surface area (Å²) in [6, 6.07) is 5.95. The fraction of sp³-hybridized carbons (Fsp3) is 0.333. The van der Waals surface area contributed by atoms with E-state index >= 15 is 0 Å². The van der Waals surface area contributed by atoms with Gasteiger partial charge in [-0.15, -0.1) is 0 Å². The second-order valence-corrected chi connectivity index (χ2v) is 3.79. The van der Waals surface area contributed by atoms with Crippen LogP contribution in [0.25, 0.3) is 0 Å². The molecule has 18 heavy (non-hydrogen) atoms. The highest BCUT2D eigenvalue weighted by Crippen LogP contribution is 2.09. The lowest BCUT2D eigenvalue weighted by Gasteiger charge is -2.05. The van der Waals surface area contributed by atoms with Crippen LogP contribution in [-0.4, -0.2) is 28.7 Å². The average molecular weight is 252 g/mol. The molecule has 0 bridgehead atoms. The SMILES string of the molecule is O=C(CCCCNC(=O)c1ccc(O)cc1)NO. The number of nitrogens with one attached hydrogen (secondary N) is 2. The number of hydrogen-bond acceptors (Lipinski definition) is 4. The number of carbonyl (C=O) groups is 2. The molecule has 1 aromatic carbocycles. The predicted octanol–water partition coefficient (Wildman–Crippen LogP) is 0.798. The molecule has 0 fully saturated rings. The van der Waals surface area contributed by atoms with Crippen molar-refractivity contribution in [1.82, 2.24) is 10.8 Å². The second-order valence-electron chi connectivity index (χ2n) is 3.79. The molecule has 0 saturated carbocycles. The van der Waals surface area contributed by atoms with E-state index in [1.165, 1.54) is 24.3 Å². The van der Waals surface area contributed by atoms with Gasteiger partial charge < -0.3 is 10.4 Å². The Balaban J connectivity index is 2.21. The normalized spacial score (nSPS) is 9.83. The van der Waals surface area contributed by atoms with E-state index in [4.69, 9.17) is 10.3 Å². The van der Waals surface area contributed by atoms with Crippen molar-refractivity contribution in [2.24, 2.45) is 0 Å². The zero-order valence-electron chi connectivity index (χ0n) is 9.85. The smallest absolute Gasteiger partial charge is 0.251 e. The van der Waals surface area contributed by atoms with Gasteiger partial charge in [0.15, 0.2) is 0 Å². The molecular weight excluding hydrogens is 236 g/mol. The summed E-state index contributed by atoms with van der Waals surface area (Å²) in [6.07, 6.45) is 1.46. The van der Waals surface area contributed by atoms with Crippen molar-refractivity contribution in [2.45, 2.75) is 19.3 Å². The highest BCUT2D eigenvalue weighted by atomic mass is 16.5. The third-order valence-electron chi connectivity index (χ3n) is 2.37. The summed E-state index contributed by atoms with van der Waals surface area (Å²) < 4.78 is 0. The van der Waals surface area contributed by atoms with Gasteiger partial charge >= 0.3 is 0 Å². The molecule has 0 aliphatic carbocycles. The third-order valence-corrected chi connectivity index (χ3v) is 2.37. The Labute approximate surface area is 105 Å². The Morgan fingerprint density at radius 1 is 1.11 bits per heavy atom. The number of benzene rings is 1. The Bertz CT molecular complexity index is 403. The van der Waals surface area contributed by atoms with Crippen LogP contribution in [0, 0.1) is 0 Å². The van der Waals surface area contributed by atoms with Gasteiger partial charge in [0.2, 0.25) is 5.91 Å². The molecule has 0 spiro atoms. The Kier molecular flexibility index (Phi) is 5.66. The summed E-state index contributed by atoms with van der Waals surface area (Å²) in [5.74, 6) is -0.539. The van der Waals surface area contributed by atoms with Gasteiger partial charge in [-0.25, -0.2) is 5.48 Å². The lowest BCUT2D eigenvalue weighted by atomic mass is 10.2. The number of hydrogen-bond donors (Lipinski definition) is 4. The summed E-state index contributed by atoms with van der Waals surface area (Å²) in [5, 5.41) is 20.0. The number of amides is 2. The van der Waals surface area contributed by atoms with Gasteiger partial charge in [0.25, 0.3) is 5.91 Å². The van der Waals surface area contributed by atoms with E-state index in [1.807, 2.05) is 0 Å². The third kappa shape index (κ3) is 4.84. The van der Waals surface area contributed by atoms with Crippen LogP contribution in [-0.2, 0) is 4.79 Å². The van der Waals surface area contributed by atoms with Gasteiger partial charge in [0.1, 0.15) is 5.75 Å². The van der Waals surface area contributed by atoms with Gasteiger partial charge in [-0.3, -0.25) is 14.8 Å². The van der Waals surface area contributed by atoms with E-state index in [2.05, 4.69) is 5.32 Å². The van der Waals surface area contributed by atoms with Gasteiger partial charge in [-0.2, -0.15) is 0 Å². The summed E-state index contributed by atoms with van der Waals surface area (Å²) in [4.78, 5) is 22.3. The van der Waals surface area contributed by atoms with Crippen molar-refractivity contribution < 1.29 is 19.9 Å². The van der Waals surface area contributed by atoms with Crippen molar-refractivity contribution in [3.63, 3.8) is 0 Å². The summed E-state index contributed by atoms with van der Waals surface area (Å²) in [5.41, 5.74) is 2.02. The van der Waals surface area contributed by atoms with E-state index in [-0.39, 0.29) is 18.1 Å². The number of phenols is 1. The fourth-order valence-corrected chi connectivity index (χ4v) is 1.38. The first-order valence-electron chi connectivity index (χ1n) is 5.63. The highest BCUT2D eigenvalue weighted by molar-refractivity contribution is 5.94. The van der Waals surface area contributed by atoms with Crippen molar-refractivity contribution in [3.05, 3.63) is 29.8 Å². The standard InChI is InChI=1S/C12H16N2O4/c15-10-6-4-9(5-7-10)12(17)13-8-2-1-3-11(16)14-18/h4-7,15,18H,1-3,8H2,(H,13,17)(H,14,16). The molecule has 0 unspecified atom stereocenters. The molecule has 6 heteroatoms. The quantitative estimate of drug-likeness (QED) is 0.342. The van der Waals surface area contributed by atoms with Crippen LogP contribution < -0.4 is 10.8 Å². The molecule has 0 radical (unpaired) electrons. The molecule has 4 N–H and O–H groups in total. The summed E-state index contributed by atoms with van der Waals surface area (Å²) in [6.45, 7) is 0.457. The predicted molar refractivity (Wildman–Crippen MR) is 64.2 cm³/mol. The number of hydroxylamine groups is 1. The van der Waals surface area contributed by atoms with E-state index in [0.29, 0.717) is 24.9 Å². The molecule has 0 saturated heterocycles. The molecular formula is C12H16N2O4. The first kappa shape index (κ1) is 14.0. The van der Waals surface area contributed by atoms with Gasteiger partial charge in [0, 0.05) is 18.5 Å². The molecule has 1 aromatic rings. The Hall–Kier alpha value is -2.08. The van der Waals surface area contributed by atoms with E-state index < -0.39 is 5.91 Å². The maximum absolute atomic E-state index is 11.6. The van der Waals surface area contributed by atoms with Crippen LogP contribution in [0.4, 0.5) is 0 Å². The Morgan fingerprint density at radius 3 is 2.39 bits per heavy atom. The molecule has 1 rings (SSSR count). The minimum absolute atomic E-state index is 0.113. The first-order valence-corrected chi connectivity index (χ1v) is 5.63. The van der Waals surface area contributed by atoms with Crippen molar-refractivity contribution in [1.29, 1.82) is 0 Å². The van der Waals surface area contributed by atoms with Crippen LogP contribution in [0.1, 0.15) is 29.6 Å². The number of carbonyl (C=O) groups excluding carboxylic acids is 2. The van der Waals surface area contributed by atoms with E-state index in [1.54, 1.807) is 5.48 Å². The first-order chi connectivity index (χ1) is 8.63. The number of aromatic hydroxyl groups is 1. The fourth-order valence-electron chi connectivity index (χ4n) is 1.38. The van der Waals surface area contributed by atoms with Crippen molar-refractivity contribution in [2.75, 3.05) is 6.54 Å². The topological polar surface area (TPSA) is 98.7 Å². The summed E-state index contributed by atoms with van der Waals surface area (Å²) >= 11 is 0. The monoisotopic (exact) mass is 252 g/mol. The Morgan fingerprint density at radius 2 is 1.78 bits per heavy atom. The molecule has 98 valence electrons.